The van der Waals surface area contributed by atoms with Crippen LogP contribution in [0.15, 0.2) is 59.5 Å². The van der Waals surface area contributed by atoms with Crippen LogP contribution in [-0.4, -0.2) is 44.3 Å². The monoisotopic (exact) mass is 330 g/mol. The van der Waals surface area contributed by atoms with Gasteiger partial charge in [0, 0.05) is 25.7 Å². The Hall–Kier alpha value is -1.69. The van der Waals surface area contributed by atoms with Crippen LogP contribution >= 0.6 is 0 Å². The Bertz CT molecular complexity index is 757. The van der Waals surface area contributed by atoms with Crippen LogP contribution < -0.4 is 0 Å². The van der Waals surface area contributed by atoms with Crippen molar-refractivity contribution in [2.45, 2.75) is 17.9 Å². The van der Waals surface area contributed by atoms with Gasteiger partial charge in [-0.25, -0.2) is 8.42 Å². The van der Waals surface area contributed by atoms with Crippen molar-refractivity contribution in [1.29, 1.82) is 0 Å². The summed E-state index contributed by atoms with van der Waals surface area (Å²) >= 11 is 0. The minimum atomic E-state index is -3.43. The molecule has 23 heavy (non-hydrogen) atoms. The number of aryl methyl sites for hydroxylation is 1. The van der Waals surface area contributed by atoms with E-state index in [2.05, 4.69) is 43.1 Å². The van der Waals surface area contributed by atoms with Gasteiger partial charge in [-0.15, -0.1) is 0 Å². The van der Waals surface area contributed by atoms with E-state index >= 15 is 0 Å². The zero-order valence-corrected chi connectivity index (χ0v) is 14.3. The van der Waals surface area contributed by atoms with Crippen LogP contribution in [-0.2, 0) is 10.0 Å². The molecule has 5 heteroatoms. The summed E-state index contributed by atoms with van der Waals surface area (Å²) in [5.41, 5.74) is 2.37. The van der Waals surface area contributed by atoms with Crippen molar-refractivity contribution in [1.82, 2.24) is 9.21 Å². The van der Waals surface area contributed by atoms with Crippen molar-refractivity contribution < 1.29 is 8.42 Å². The maximum absolute atomic E-state index is 12.8. The van der Waals surface area contributed by atoms with E-state index in [0.29, 0.717) is 18.0 Å². The van der Waals surface area contributed by atoms with E-state index in [-0.39, 0.29) is 6.04 Å². The summed E-state index contributed by atoms with van der Waals surface area (Å²) < 4.78 is 27.3. The molecule has 1 fully saturated rings. The fourth-order valence-corrected chi connectivity index (χ4v) is 4.42. The Balaban J connectivity index is 1.87. The SMILES string of the molecule is Cc1ccc([C@@H]2CN(S(=O)(=O)c3ccccc3)CCN2C)cc1. The predicted molar refractivity (Wildman–Crippen MR) is 91.8 cm³/mol. The largest absolute Gasteiger partial charge is 0.297 e. The first-order valence-corrected chi connectivity index (χ1v) is 9.24. The van der Waals surface area contributed by atoms with E-state index in [1.54, 1.807) is 28.6 Å². The highest BCUT2D eigenvalue weighted by Gasteiger charge is 2.33. The number of benzene rings is 2. The van der Waals surface area contributed by atoms with Crippen LogP contribution in [0.5, 0.6) is 0 Å². The molecule has 0 saturated carbocycles. The molecule has 0 amide bonds. The van der Waals surface area contributed by atoms with E-state index in [4.69, 9.17) is 0 Å². The molecule has 1 heterocycles. The molecular weight excluding hydrogens is 308 g/mol. The smallest absolute Gasteiger partial charge is 0.243 e. The second-order valence-corrected chi connectivity index (χ2v) is 8.02. The van der Waals surface area contributed by atoms with E-state index < -0.39 is 10.0 Å². The zero-order chi connectivity index (χ0) is 16.4. The molecule has 0 spiro atoms. The number of piperazine rings is 1. The van der Waals surface area contributed by atoms with Gasteiger partial charge < -0.3 is 0 Å². The second-order valence-electron chi connectivity index (χ2n) is 6.08. The van der Waals surface area contributed by atoms with Crippen molar-refractivity contribution in [3.8, 4) is 0 Å². The van der Waals surface area contributed by atoms with Crippen LogP contribution in [0.25, 0.3) is 0 Å². The lowest BCUT2D eigenvalue weighted by atomic mass is 10.0. The van der Waals surface area contributed by atoms with Gasteiger partial charge in [0.05, 0.1) is 4.90 Å². The van der Waals surface area contributed by atoms with Crippen LogP contribution in [0.3, 0.4) is 0 Å². The summed E-state index contributed by atoms with van der Waals surface area (Å²) in [6.07, 6.45) is 0. The number of sulfonamides is 1. The van der Waals surface area contributed by atoms with Crippen molar-refractivity contribution in [3.63, 3.8) is 0 Å². The summed E-state index contributed by atoms with van der Waals surface area (Å²) in [5, 5.41) is 0. The minimum absolute atomic E-state index is 0.0860. The maximum atomic E-state index is 12.8. The van der Waals surface area contributed by atoms with Crippen molar-refractivity contribution in [2.75, 3.05) is 26.7 Å². The van der Waals surface area contributed by atoms with Gasteiger partial charge in [0.25, 0.3) is 0 Å². The molecule has 1 aliphatic heterocycles. The van der Waals surface area contributed by atoms with Gasteiger partial charge >= 0.3 is 0 Å². The Labute approximate surface area is 138 Å². The normalized spacial score (nSPS) is 20.5. The molecule has 0 unspecified atom stereocenters. The van der Waals surface area contributed by atoms with Crippen molar-refractivity contribution in [2.24, 2.45) is 0 Å². The van der Waals surface area contributed by atoms with E-state index in [1.165, 1.54) is 5.56 Å². The summed E-state index contributed by atoms with van der Waals surface area (Å²) in [5.74, 6) is 0. The van der Waals surface area contributed by atoms with E-state index in [1.807, 2.05) is 6.07 Å². The quantitative estimate of drug-likeness (QED) is 0.869. The lowest BCUT2D eigenvalue weighted by Crippen LogP contribution is -2.48. The fourth-order valence-electron chi connectivity index (χ4n) is 2.96. The molecule has 3 rings (SSSR count). The highest BCUT2D eigenvalue weighted by molar-refractivity contribution is 7.89. The standard InChI is InChI=1S/C18H22N2O2S/c1-15-8-10-16(11-9-15)18-14-20(13-12-19(18)2)23(21,22)17-6-4-3-5-7-17/h3-11,18H,12-14H2,1-2H3/t18-/m0/s1. The van der Waals surface area contributed by atoms with Gasteiger partial charge in [0.1, 0.15) is 0 Å². The zero-order valence-electron chi connectivity index (χ0n) is 13.5. The number of rotatable bonds is 3. The van der Waals surface area contributed by atoms with Crippen molar-refractivity contribution >= 4 is 10.0 Å². The molecule has 0 N–H and O–H groups in total. The van der Waals surface area contributed by atoms with Gasteiger partial charge in [0.2, 0.25) is 10.0 Å². The average Bonchev–Trinajstić information content (AvgIpc) is 2.57. The van der Waals surface area contributed by atoms with Crippen LogP contribution in [0.2, 0.25) is 0 Å². The molecule has 2 aromatic rings. The summed E-state index contributed by atoms with van der Waals surface area (Å²) in [6.45, 7) is 3.79. The first-order chi connectivity index (χ1) is 11.0. The number of hydrogen-bond donors (Lipinski definition) is 0. The van der Waals surface area contributed by atoms with Crippen LogP contribution in [0.4, 0.5) is 0 Å². The highest BCUT2D eigenvalue weighted by Crippen LogP contribution is 2.27. The molecular formula is C18H22N2O2S. The molecule has 4 nitrogen and oxygen atoms in total. The third-order valence-electron chi connectivity index (χ3n) is 4.45. The van der Waals surface area contributed by atoms with Gasteiger partial charge in [-0.1, -0.05) is 48.0 Å². The predicted octanol–water partition coefficient (Wildman–Crippen LogP) is 2.67. The molecule has 1 aliphatic rings. The lowest BCUT2D eigenvalue weighted by molar-refractivity contribution is 0.148. The van der Waals surface area contributed by atoms with Crippen molar-refractivity contribution in [3.05, 3.63) is 65.7 Å². The number of likely N-dealkylation sites (N-methyl/N-ethyl adjacent to an activating group) is 1. The lowest BCUT2D eigenvalue weighted by Gasteiger charge is -2.39. The van der Waals surface area contributed by atoms with Gasteiger partial charge in [-0.3, -0.25) is 4.90 Å². The Morgan fingerprint density at radius 1 is 0.957 bits per heavy atom. The van der Waals surface area contributed by atoms with Crippen LogP contribution in [0, 0.1) is 6.92 Å². The summed E-state index contributed by atoms with van der Waals surface area (Å²) in [7, 11) is -1.38. The average molecular weight is 330 g/mol. The van der Waals surface area contributed by atoms with Crippen LogP contribution in [0.1, 0.15) is 17.2 Å². The maximum Gasteiger partial charge on any atom is 0.243 e. The van der Waals surface area contributed by atoms with Gasteiger partial charge in [-0.2, -0.15) is 4.31 Å². The molecule has 1 saturated heterocycles. The highest BCUT2D eigenvalue weighted by atomic mass is 32.2. The first kappa shape index (κ1) is 16.2. The first-order valence-electron chi connectivity index (χ1n) is 7.80. The van der Waals surface area contributed by atoms with E-state index in [9.17, 15) is 8.42 Å². The number of hydrogen-bond acceptors (Lipinski definition) is 3. The topological polar surface area (TPSA) is 40.6 Å². The molecule has 0 aliphatic carbocycles. The molecule has 122 valence electrons. The second kappa shape index (κ2) is 6.43. The van der Waals surface area contributed by atoms with E-state index in [0.717, 1.165) is 12.1 Å². The number of nitrogens with zero attached hydrogens (tertiary/aromatic N) is 2. The third kappa shape index (κ3) is 3.32. The molecule has 0 aromatic heterocycles. The summed E-state index contributed by atoms with van der Waals surface area (Å²) in [6, 6.07) is 17.1. The molecule has 2 aromatic carbocycles. The minimum Gasteiger partial charge on any atom is -0.297 e. The fraction of sp³-hybridized carbons (Fsp3) is 0.333. The Morgan fingerprint density at radius 3 is 2.26 bits per heavy atom. The molecule has 0 bridgehead atoms. The van der Waals surface area contributed by atoms with Gasteiger partial charge in [-0.05, 0) is 31.7 Å². The Kier molecular flexibility index (Phi) is 4.53. The Morgan fingerprint density at radius 2 is 1.61 bits per heavy atom. The third-order valence-corrected chi connectivity index (χ3v) is 6.33. The molecule has 0 radical (unpaired) electrons. The van der Waals surface area contributed by atoms with Gasteiger partial charge in [0.15, 0.2) is 0 Å². The molecule has 1 atom stereocenters. The summed E-state index contributed by atoms with van der Waals surface area (Å²) in [4.78, 5) is 2.59.